The monoisotopic (exact) mass is 526 g/mol. The van der Waals surface area contributed by atoms with Gasteiger partial charge >= 0.3 is 0 Å². The number of sulfone groups is 1. The van der Waals surface area contributed by atoms with Crippen LogP contribution in [0.15, 0.2) is 65.8 Å². The van der Waals surface area contributed by atoms with Crippen LogP contribution in [0, 0.1) is 5.82 Å². The topological polar surface area (TPSA) is 102 Å². The number of nitrogens with zero attached hydrogens (tertiary/aromatic N) is 2. The number of amides is 1. The molecule has 0 atom stereocenters. The third kappa shape index (κ3) is 5.53. The number of imidazole rings is 1. The second kappa shape index (κ2) is 10.7. The Labute approximate surface area is 213 Å². The number of hydrogen-bond acceptors (Lipinski definition) is 6. The first-order valence-corrected chi connectivity index (χ1v) is 12.9. The minimum atomic E-state index is -3.47. The predicted octanol–water partition coefficient (Wildman–Crippen LogP) is 3.43. The van der Waals surface area contributed by atoms with Gasteiger partial charge in [0.1, 0.15) is 13.4 Å². The van der Waals surface area contributed by atoms with E-state index in [1.807, 2.05) is 0 Å². The van der Waals surface area contributed by atoms with Crippen molar-refractivity contribution in [2.24, 2.45) is 7.05 Å². The van der Waals surface area contributed by atoms with Gasteiger partial charge in [-0.15, -0.1) is 0 Å². The first-order chi connectivity index (χ1) is 17.2. The van der Waals surface area contributed by atoms with Crippen LogP contribution in [0.3, 0.4) is 0 Å². The number of hydroxylamine groups is 1. The third-order valence-corrected chi connectivity index (χ3v) is 7.51. The summed E-state index contributed by atoms with van der Waals surface area (Å²) < 4.78 is 41.7. The number of aryl methyl sites for hydroxylation is 1. The Morgan fingerprint density at radius 3 is 2.67 bits per heavy atom. The van der Waals surface area contributed by atoms with Crippen molar-refractivity contribution < 1.29 is 22.4 Å². The minimum Gasteiger partial charge on any atom is -0.351 e. The van der Waals surface area contributed by atoms with Gasteiger partial charge in [0.2, 0.25) is 0 Å². The fraction of sp³-hybridized carbons (Fsp3) is 0.167. The van der Waals surface area contributed by atoms with Crippen LogP contribution in [0.4, 0.5) is 15.8 Å². The summed E-state index contributed by atoms with van der Waals surface area (Å²) in [6, 6.07) is 14.2. The van der Waals surface area contributed by atoms with Gasteiger partial charge < -0.3 is 9.88 Å². The summed E-state index contributed by atoms with van der Waals surface area (Å²) in [7, 11) is 3.93. The van der Waals surface area contributed by atoms with Crippen molar-refractivity contribution in [2.75, 3.05) is 17.7 Å². The van der Waals surface area contributed by atoms with E-state index in [1.54, 1.807) is 41.9 Å². The summed E-state index contributed by atoms with van der Waals surface area (Å²) in [6.45, 7) is -0.0687. The summed E-state index contributed by atoms with van der Waals surface area (Å²) >= 11 is 6.23. The highest BCUT2D eigenvalue weighted by molar-refractivity contribution is 7.91. The number of carbonyl (C=O) groups excluding carboxylic acids is 1. The normalized spacial score (nSPS) is 11.5. The minimum absolute atomic E-state index is 0.0617. The number of halogens is 2. The van der Waals surface area contributed by atoms with Gasteiger partial charge in [-0.25, -0.2) is 23.3 Å². The molecule has 1 amide bonds. The second-order valence-electron chi connectivity index (χ2n) is 7.97. The number of nitrogens with one attached hydrogen (secondary N) is 2. The molecule has 4 rings (SSSR count). The number of benzene rings is 3. The largest absolute Gasteiger partial charge is 0.351 e. The second-order valence-corrected chi connectivity index (χ2v) is 10.5. The molecular weight excluding hydrogens is 506 g/mol. The van der Waals surface area contributed by atoms with Crippen molar-refractivity contribution in [1.29, 1.82) is 0 Å². The molecule has 8 nitrogen and oxygen atoms in total. The van der Waals surface area contributed by atoms with E-state index < -0.39 is 21.6 Å². The van der Waals surface area contributed by atoms with Crippen molar-refractivity contribution in [3.05, 3.63) is 77.3 Å². The van der Waals surface area contributed by atoms with Gasteiger partial charge in [0, 0.05) is 7.05 Å². The zero-order chi connectivity index (χ0) is 25.9. The van der Waals surface area contributed by atoms with Crippen molar-refractivity contribution in [1.82, 2.24) is 15.0 Å². The fourth-order valence-electron chi connectivity index (χ4n) is 3.53. The van der Waals surface area contributed by atoms with E-state index in [0.717, 1.165) is 0 Å². The van der Waals surface area contributed by atoms with Crippen molar-refractivity contribution >= 4 is 63.1 Å². The van der Waals surface area contributed by atoms with Gasteiger partial charge in [-0.1, -0.05) is 41.3 Å². The fourth-order valence-corrected chi connectivity index (χ4v) is 5.07. The van der Waals surface area contributed by atoms with E-state index in [1.165, 1.54) is 30.6 Å². The molecule has 0 fully saturated rings. The van der Waals surface area contributed by atoms with Gasteiger partial charge in [0.15, 0.2) is 15.7 Å². The molecule has 0 saturated carbocycles. The highest BCUT2D eigenvalue weighted by Crippen LogP contribution is 2.32. The molecule has 4 aromatic rings. The molecule has 0 spiro atoms. The van der Waals surface area contributed by atoms with Crippen molar-refractivity contribution in [2.45, 2.75) is 11.3 Å². The Morgan fingerprint density at radius 2 is 1.94 bits per heavy atom. The van der Waals surface area contributed by atoms with Crippen LogP contribution >= 0.6 is 11.6 Å². The maximum atomic E-state index is 15.4. The van der Waals surface area contributed by atoms with E-state index >= 15 is 4.39 Å². The molecule has 184 valence electrons. The average Bonchev–Trinajstić information content (AvgIpc) is 3.23. The molecule has 1 aromatic heterocycles. The molecule has 36 heavy (non-hydrogen) atoms. The average molecular weight is 527 g/mol. The lowest BCUT2D eigenvalue weighted by Gasteiger charge is -2.15. The molecule has 2 N–H and O–H groups in total. The van der Waals surface area contributed by atoms with E-state index in [4.69, 9.17) is 24.3 Å². The maximum absolute atomic E-state index is 15.4. The van der Waals surface area contributed by atoms with Gasteiger partial charge in [-0.2, -0.15) is 0 Å². The van der Waals surface area contributed by atoms with Crippen LogP contribution in [0.25, 0.3) is 11.0 Å². The van der Waals surface area contributed by atoms with Gasteiger partial charge in [0.25, 0.3) is 5.91 Å². The first-order valence-electron chi connectivity index (χ1n) is 10.8. The zero-order valence-corrected chi connectivity index (χ0v) is 20.7. The number of fused-ring (bicyclic) bond motifs is 1. The van der Waals surface area contributed by atoms with Gasteiger partial charge in [0.05, 0.1) is 51.1 Å². The molecular formula is C24H21BClFN4O4S. The summed E-state index contributed by atoms with van der Waals surface area (Å²) in [6.07, 6.45) is 1.57. The number of hydrogen-bond donors (Lipinski definition) is 2. The Kier molecular flexibility index (Phi) is 7.63. The molecule has 12 heteroatoms. The van der Waals surface area contributed by atoms with E-state index in [0.29, 0.717) is 16.7 Å². The molecule has 1 heterocycles. The predicted molar refractivity (Wildman–Crippen MR) is 137 cm³/mol. The lowest BCUT2D eigenvalue weighted by molar-refractivity contribution is 0.0317. The molecule has 0 saturated heterocycles. The van der Waals surface area contributed by atoms with Crippen LogP contribution in [-0.4, -0.2) is 44.1 Å². The highest BCUT2D eigenvalue weighted by atomic mass is 35.5. The van der Waals surface area contributed by atoms with Crippen LogP contribution in [-0.2, 0) is 21.7 Å². The quantitative estimate of drug-likeness (QED) is 0.197. The number of aromatic nitrogens is 2. The standard InChI is InChI=1S/C24H21BClFN4O4S/c1-31-14-28-23-20(31)13-17(22(21(23)27)29-19-9-8-15(25)12-18(19)26)24(32)30-35-10-5-11-36(33,34)16-6-3-2-4-7-16/h2-4,6-9,12-14,29H,5,10-11H2,1H3,(H,30,32). The Balaban J connectivity index is 1.50. The lowest BCUT2D eigenvalue weighted by atomic mass is 9.96. The number of rotatable bonds is 9. The first kappa shape index (κ1) is 25.7. The Hall–Kier alpha value is -3.41. The van der Waals surface area contributed by atoms with Gasteiger partial charge in [-0.05, 0) is 36.8 Å². The van der Waals surface area contributed by atoms with E-state index in [-0.39, 0.29) is 45.5 Å². The smallest absolute Gasteiger partial charge is 0.277 e. The molecule has 0 aliphatic rings. The lowest BCUT2D eigenvalue weighted by Crippen LogP contribution is -2.26. The highest BCUT2D eigenvalue weighted by Gasteiger charge is 2.22. The Bertz CT molecular complexity index is 1530. The van der Waals surface area contributed by atoms with Crippen molar-refractivity contribution in [3.63, 3.8) is 0 Å². The van der Waals surface area contributed by atoms with Crippen LogP contribution < -0.4 is 16.3 Å². The summed E-state index contributed by atoms with van der Waals surface area (Å²) in [4.78, 5) is 22.5. The van der Waals surface area contributed by atoms with Crippen LogP contribution in [0.1, 0.15) is 16.8 Å². The van der Waals surface area contributed by atoms with Crippen molar-refractivity contribution in [3.8, 4) is 0 Å². The molecule has 2 radical (unpaired) electrons. The number of carbonyl (C=O) groups is 1. The summed E-state index contributed by atoms with van der Waals surface area (Å²) in [5.41, 5.74) is 3.25. The number of anilines is 2. The van der Waals surface area contributed by atoms with E-state index in [2.05, 4.69) is 15.8 Å². The Morgan fingerprint density at radius 1 is 1.19 bits per heavy atom. The SMILES string of the molecule is [B]c1ccc(Nc2c(C(=O)NOCCCS(=O)(=O)c3ccccc3)cc3c(ncn3C)c2F)c(Cl)c1. The third-order valence-electron chi connectivity index (χ3n) is 5.38. The molecule has 0 aliphatic heterocycles. The van der Waals surface area contributed by atoms with Gasteiger partial charge in [-0.3, -0.25) is 9.63 Å². The van der Waals surface area contributed by atoms with E-state index in [9.17, 15) is 13.2 Å². The molecule has 0 aliphatic carbocycles. The molecule has 0 bridgehead atoms. The van der Waals surface area contributed by atoms with Crippen LogP contribution in [0.5, 0.6) is 0 Å². The maximum Gasteiger partial charge on any atom is 0.277 e. The summed E-state index contributed by atoms with van der Waals surface area (Å²) in [5.74, 6) is -1.65. The molecule has 3 aromatic carbocycles. The zero-order valence-electron chi connectivity index (χ0n) is 19.2. The van der Waals surface area contributed by atoms with Crippen LogP contribution in [0.2, 0.25) is 5.02 Å². The summed E-state index contributed by atoms with van der Waals surface area (Å²) in [5, 5.41) is 3.08. The molecule has 0 unspecified atom stereocenters.